The first-order chi connectivity index (χ1) is 25.2. The van der Waals surface area contributed by atoms with Crippen LogP contribution in [-0.4, -0.2) is 65.7 Å². The van der Waals surface area contributed by atoms with E-state index in [4.69, 9.17) is 19.1 Å². The molecule has 0 aliphatic heterocycles. The molecule has 0 spiro atoms. The van der Waals surface area contributed by atoms with E-state index < -0.39 is 51.8 Å². The van der Waals surface area contributed by atoms with Crippen LogP contribution < -0.4 is 0 Å². The first kappa shape index (κ1) is 50.7. The van der Waals surface area contributed by atoms with E-state index in [1.54, 1.807) is 0 Å². The number of carbonyl (C=O) groups is 2. The molecule has 0 aromatic heterocycles. The van der Waals surface area contributed by atoms with E-state index in [9.17, 15) is 24.2 Å². The van der Waals surface area contributed by atoms with Crippen LogP contribution in [0.1, 0.15) is 200 Å². The van der Waals surface area contributed by atoms with E-state index in [1.807, 2.05) is 0 Å². The van der Waals surface area contributed by atoms with Gasteiger partial charge in [-0.2, -0.15) is 0 Å². The molecule has 0 saturated heterocycles. The van der Waals surface area contributed by atoms with Crippen molar-refractivity contribution in [2.75, 3.05) is 26.4 Å². The van der Waals surface area contributed by atoms with Crippen molar-refractivity contribution in [3.63, 3.8) is 0 Å². The van der Waals surface area contributed by atoms with E-state index in [2.05, 4.69) is 30.5 Å². The molecule has 0 aliphatic carbocycles. The second kappa shape index (κ2) is 38.0. The number of phosphoric ester groups is 1. The highest BCUT2D eigenvalue weighted by atomic mass is 31.2. The number of carbonyl (C=O) groups excluding carboxylic acids is 2. The van der Waals surface area contributed by atoms with E-state index in [0.29, 0.717) is 12.8 Å². The zero-order valence-corrected chi connectivity index (χ0v) is 34.2. The monoisotopic (exact) mass is 763 g/mol. The van der Waals surface area contributed by atoms with Gasteiger partial charge in [0.15, 0.2) is 6.10 Å². The maximum Gasteiger partial charge on any atom is 0.472 e. The van der Waals surface area contributed by atoms with E-state index >= 15 is 0 Å². The highest BCUT2D eigenvalue weighted by Gasteiger charge is 2.27. The summed E-state index contributed by atoms with van der Waals surface area (Å²) in [5.41, 5.74) is 0. The van der Waals surface area contributed by atoms with Gasteiger partial charge in [-0.25, -0.2) is 4.57 Å². The number of aliphatic hydroxyl groups is 2. The van der Waals surface area contributed by atoms with Crippen LogP contribution in [0.4, 0.5) is 0 Å². The second-order valence-corrected chi connectivity index (χ2v) is 15.8. The lowest BCUT2D eigenvalue weighted by Crippen LogP contribution is -2.29. The third-order valence-corrected chi connectivity index (χ3v) is 10.1. The van der Waals surface area contributed by atoms with Gasteiger partial charge in [-0.05, 0) is 38.5 Å². The summed E-state index contributed by atoms with van der Waals surface area (Å²) < 4.78 is 32.7. The maximum absolute atomic E-state index is 12.6. The number of phosphoric acid groups is 1. The minimum atomic E-state index is -4.61. The van der Waals surface area contributed by atoms with Crippen molar-refractivity contribution in [2.24, 2.45) is 0 Å². The lowest BCUT2D eigenvalue weighted by Gasteiger charge is -2.20. The molecule has 0 heterocycles. The lowest BCUT2D eigenvalue weighted by molar-refractivity contribution is -0.161. The molecular formula is C41H79O10P. The minimum absolute atomic E-state index is 0.178. The van der Waals surface area contributed by atoms with Crippen LogP contribution in [0.5, 0.6) is 0 Å². The third-order valence-electron chi connectivity index (χ3n) is 9.17. The number of allylic oxidation sites excluding steroid dienone is 2. The molecule has 52 heavy (non-hydrogen) atoms. The molecule has 0 bridgehead atoms. The maximum atomic E-state index is 12.6. The predicted molar refractivity (Wildman–Crippen MR) is 210 cm³/mol. The summed E-state index contributed by atoms with van der Waals surface area (Å²) >= 11 is 0. The van der Waals surface area contributed by atoms with Crippen molar-refractivity contribution < 1.29 is 47.8 Å². The number of ether oxygens (including phenoxy) is 2. The Labute approximate surface area is 317 Å². The summed E-state index contributed by atoms with van der Waals surface area (Å²) in [5, 5.41) is 18.3. The molecule has 308 valence electrons. The van der Waals surface area contributed by atoms with Crippen molar-refractivity contribution >= 4 is 19.8 Å². The normalized spacial score (nSPS) is 14.0. The Morgan fingerprint density at radius 3 is 1.38 bits per heavy atom. The van der Waals surface area contributed by atoms with Gasteiger partial charge in [0.05, 0.1) is 19.8 Å². The third kappa shape index (κ3) is 37.0. The zero-order chi connectivity index (χ0) is 38.4. The Morgan fingerprint density at radius 1 is 0.558 bits per heavy atom. The van der Waals surface area contributed by atoms with Crippen LogP contribution in [0.3, 0.4) is 0 Å². The van der Waals surface area contributed by atoms with Crippen LogP contribution in [0.2, 0.25) is 0 Å². The van der Waals surface area contributed by atoms with Crippen LogP contribution in [0, 0.1) is 0 Å². The molecule has 0 saturated carbocycles. The molecule has 3 N–H and O–H groups in total. The Bertz CT molecular complexity index is 884. The first-order valence-electron chi connectivity index (χ1n) is 21.1. The minimum Gasteiger partial charge on any atom is -0.462 e. The SMILES string of the molecule is CCCCCCC/C=C\CCCCCCCC(=O)O[C@H](COC(=O)CCCCCCCCCCCCCCCCC)COP(=O)(O)OC[C@@H](O)CO. The number of esters is 2. The Kier molecular flexibility index (Phi) is 37.1. The summed E-state index contributed by atoms with van der Waals surface area (Å²) in [6, 6.07) is 0. The Balaban J connectivity index is 4.30. The number of hydrogen-bond donors (Lipinski definition) is 3. The zero-order valence-electron chi connectivity index (χ0n) is 33.3. The van der Waals surface area contributed by atoms with E-state index in [-0.39, 0.29) is 19.4 Å². The van der Waals surface area contributed by atoms with Crippen molar-refractivity contribution in [2.45, 2.75) is 212 Å². The molecule has 0 aromatic carbocycles. The molecule has 0 amide bonds. The van der Waals surface area contributed by atoms with Gasteiger partial charge in [0.1, 0.15) is 12.7 Å². The fraction of sp³-hybridized carbons (Fsp3) is 0.902. The van der Waals surface area contributed by atoms with Crippen LogP contribution in [0.25, 0.3) is 0 Å². The molecule has 1 unspecified atom stereocenters. The largest absolute Gasteiger partial charge is 0.472 e. The van der Waals surface area contributed by atoms with E-state index in [0.717, 1.165) is 57.8 Å². The van der Waals surface area contributed by atoms with Gasteiger partial charge in [0.25, 0.3) is 0 Å². The molecule has 0 aliphatic rings. The molecule has 0 fully saturated rings. The van der Waals surface area contributed by atoms with Gasteiger partial charge in [-0.1, -0.05) is 161 Å². The number of rotatable bonds is 40. The Hall–Kier alpha value is -1.29. The predicted octanol–water partition coefficient (Wildman–Crippen LogP) is 10.8. The van der Waals surface area contributed by atoms with Crippen molar-refractivity contribution in [3.8, 4) is 0 Å². The van der Waals surface area contributed by atoms with Gasteiger partial charge in [0, 0.05) is 12.8 Å². The highest BCUT2D eigenvalue weighted by molar-refractivity contribution is 7.47. The van der Waals surface area contributed by atoms with Crippen molar-refractivity contribution in [1.29, 1.82) is 0 Å². The summed E-state index contributed by atoms with van der Waals surface area (Å²) in [6.07, 6.45) is 34.6. The quantitative estimate of drug-likeness (QED) is 0.0238. The second-order valence-electron chi connectivity index (χ2n) is 14.4. The molecule has 3 atom stereocenters. The first-order valence-corrected chi connectivity index (χ1v) is 22.6. The summed E-state index contributed by atoms with van der Waals surface area (Å²) in [7, 11) is -4.61. The van der Waals surface area contributed by atoms with Gasteiger partial charge >= 0.3 is 19.8 Å². The number of hydrogen-bond acceptors (Lipinski definition) is 9. The van der Waals surface area contributed by atoms with Crippen LogP contribution in [-0.2, 0) is 32.7 Å². The molecule has 0 radical (unpaired) electrons. The van der Waals surface area contributed by atoms with Crippen LogP contribution >= 0.6 is 7.82 Å². The molecular weight excluding hydrogens is 683 g/mol. The molecule has 0 aromatic rings. The molecule has 0 rings (SSSR count). The summed E-state index contributed by atoms with van der Waals surface area (Å²) in [6.45, 7) is 2.38. The summed E-state index contributed by atoms with van der Waals surface area (Å²) in [4.78, 5) is 34.9. The summed E-state index contributed by atoms with van der Waals surface area (Å²) in [5.74, 6) is -0.926. The van der Waals surface area contributed by atoms with Gasteiger partial charge < -0.3 is 24.6 Å². The van der Waals surface area contributed by atoms with Crippen LogP contribution in [0.15, 0.2) is 12.2 Å². The average molecular weight is 763 g/mol. The lowest BCUT2D eigenvalue weighted by atomic mass is 10.0. The number of unbranched alkanes of at least 4 members (excludes halogenated alkanes) is 24. The fourth-order valence-electron chi connectivity index (χ4n) is 5.87. The van der Waals surface area contributed by atoms with Gasteiger partial charge in [-0.15, -0.1) is 0 Å². The van der Waals surface area contributed by atoms with Gasteiger partial charge in [0.2, 0.25) is 0 Å². The smallest absolute Gasteiger partial charge is 0.462 e. The molecule has 10 nitrogen and oxygen atoms in total. The Morgan fingerprint density at radius 2 is 0.942 bits per heavy atom. The van der Waals surface area contributed by atoms with Crippen molar-refractivity contribution in [1.82, 2.24) is 0 Å². The average Bonchev–Trinajstić information content (AvgIpc) is 3.13. The fourth-order valence-corrected chi connectivity index (χ4v) is 6.66. The van der Waals surface area contributed by atoms with Crippen molar-refractivity contribution in [3.05, 3.63) is 12.2 Å². The molecule has 11 heteroatoms. The highest BCUT2D eigenvalue weighted by Crippen LogP contribution is 2.43. The van der Waals surface area contributed by atoms with E-state index in [1.165, 1.54) is 103 Å². The topological polar surface area (TPSA) is 149 Å². The van der Waals surface area contributed by atoms with Gasteiger partial charge in [-0.3, -0.25) is 18.6 Å². The standard InChI is InChI=1S/C41H79O10P/c1-3-5-7-9-11-13-15-17-19-21-22-24-26-28-30-32-40(44)48-36-39(37-50-52(46,47)49-35-38(43)34-42)51-41(45)33-31-29-27-25-23-20-18-16-14-12-10-8-6-4-2/h16,18,38-39,42-43H,3-15,17,19-37H2,1-2H3,(H,46,47)/b18-16-/t38-,39+/m0/s1. The number of aliphatic hydroxyl groups excluding tert-OH is 2.